The molecule has 0 saturated heterocycles. The molecule has 3 aromatic rings. The van der Waals surface area contributed by atoms with Crippen molar-refractivity contribution in [2.24, 2.45) is 0 Å². The Morgan fingerprint density at radius 3 is 2.24 bits per heavy atom. The molecule has 3 rings (SSSR count). The fourth-order valence-electron chi connectivity index (χ4n) is 3.03. The fourth-order valence-corrected chi connectivity index (χ4v) is 3.71. The number of ether oxygens (including phenoxy) is 2. The molecule has 0 saturated carbocycles. The number of nitrogens with one attached hydrogen (secondary N) is 1. The molecule has 0 fully saturated rings. The van der Waals surface area contributed by atoms with Crippen LogP contribution in [-0.2, 0) is 11.2 Å². The lowest BCUT2D eigenvalue weighted by molar-refractivity contribution is -0.118. The number of benzene rings is 3. The predicted octanol–water partition coefficient (Wildman–Crippen LogP) is 5.70. The van der Waals surface area contributed by atoms with Gasteiger partial charge < -0.3 is 14.8 Å². The lowest BCUT2D eigenvalue weighted by Gasteiger charge is -2.13. The van der Waals surface area contributed by atoms with E-state index in [4.69, 9.17) is 9.47 Å². The molecule has 3 aromatic carbocycles. The molecule has 0 spiro atoms. The molecule has 0 unspecified atom stereocenters. The van der Waals surface area contributed by atoms with Crippen LogP contribution >= 0.6 is 15.9 Å². The fraction of sp³-hybridized carbons (Fsp3) is 0.208. The molecule has 0 aliphatic carbocycles. The van der Waals surface area contributed by atoms with Crippen LogP contribution < -0.4 is 14.8 Å². The predicted molar refractivity (Wildman–Crippen MR) is 120 cm³/mol. The molecule has 1 amide bonds. The Morgan fingerprint density at radius 2 is 1.59 bits per heavy atom. The minimum atomic E-state index is -0.204. The number of aryl methyl sites for hydroxylation is 2. The monoisotopic (exact) mass is 453 g/mol. The smallest absolute Gasteiger partial charge is 0.262 e. The Bertz CT molecular complexity index is 933. The third-order valence-corrected chi connectivity index (χ3v) is 4.87. The highest BCUT2D eigenvalue weighted by Crippen LogP contribution is 2.27. The standard InChI is InChI=1S/C24H24BrNO3/c1-17-14-20(25)15-18(2)24(17)29-16-23(27)26-21-8-10-22(11-9-21)28-13-12-19-6-4-3-5-7-19/h3-11,14-15H,12-13,16H2,1-2H3,(H,26,27). The summed E-state index contributed by atoms with van der Waals surface area (Å²) in [5.41, 5.74) is 3.93. The maximum absolute atomic E-state index is 12.2. The average Bonchev–Trinajstić information content (AvgIpc) is 2.69. The van der Waals surface area contributed by atoms with Gasteiger partial charge >= 0.3 is 0 Å². The van der Waals surface area contributed by atoms with Gasteiger partial charge in [-0.1, -0.05) is 46.3 Å². The van der Waals surface area contributed by atoms with Crippen molar-refractivity contribution in [1.82, 2.24) is 0 Å². The quantitative estimate of drug-likeness (QED) is 0.475. The van der Waals surface area contributed by atoms with Crippen LogP contribution in [0.3, 0.4) is 0 Å². The highest BCUT2D eigenvalue weighted by atomic mass is 79.9. The zero-order chi connectivity index (χ0) is 20.6. The van der Waals surface area contributed by atoms with E-state index in [2.05, 4.69) is 33.4 Å². The lowest BCUT2D eigenvalue weighted by Crippen LogP contribution is -2.20. The van der Waals surface area contributed by atoms with Crippen molar-refractivity contribution in [3.05, 3.63) is 87.9 Å². The second kappa shape index (κ2) is 10.1. The summed E-state index contributed by atoms with van der Waals surface area (Å²) in [6, 6.07) is 21.5. The Morgan fingerprint density at radius 1 is 0.931 bits per heavy atom. The first-order valence-corrected chi connectivity index (χ1v) is 10.3. The van der Waals surface area contributed by atoms with E-state index in [1.165, 1.54) is 5.56 Å². The van der Waals surface area contributed by atoms with E-state index in [0.717, 1.165) is 33.5 Å². The Balaban J connectivity index is 1.46. The second-order valence-corrected chi connectivity index (χ2v) is 7.73. The summed E-state index contributed by atoms with van der Waals surface area (Å²) in [5.74, 6) is 1.31. The molecule has 150 valence electrons. The number of halogens is 1. The average molecular weight is 454 g/mol. The van der Waals surface area contributed by atoms with Crippen molar-refractivity contribution in [3.8, 4) is 11.5 Å². The first-order valence-electron chi connectivity index (χ1n) is 9.47. The van der Waals surface area contributed by atoms with E-state index in [1.807, 2.05) is 68.4 Å². The number of amides is 1. The SMILES string of the molecule is Cc1cc(Br)cc(C)c1OCC(=O)Nc1ccc(OCCc2ccccc2)cc1. The maximum Gasteiger partial charge on any atom is 0.262 e. The van der Waals surface area contributed by atoms with Gasteiger partial charge in [-0.15, -0.1) is 0 Å². The minimum Gasteiger partial charge on any atom is -0.493 e. The molecule has 29 heavy (non-hydrogen) atoms. The summed E-state index contributed by atoms with van der Waals surface area (Å²) in [6.07, 6.45) is 0.853. The maximum atomic E-state index is 12.2. The van der Waals surface area contributed by atoms with Crippen LogP contribution in [0.2, 0.25) is 0 Å². The van der Waals surface area contributed by atoms with Crippen LogP contribution in [0, 0.1) is 13.8 Å². The summed E-state index contributed by atoms with van der Waals surface area (Å²) in [5, 5.41) is 2.84. The van der Waals surface area contributed by atoms with E-state index in [1.54, 1.807) is 0 Å². The summed E-state index contributed by atoms with van der Waals surface area (Å²) < 4.78 is 12.5. The largest absolute Gasteiger partial charge is 0.493 e. The summed E-state index contributed by atoms with van der Waals surface area (Å²) >= 11 is 3.46. The summed E-state index contributed by atoms with van der Waals surface area (Å²) in [7, 11) is 0. The van der Waals surface area contributed by atoms with Crippen LogP contribution in [-0.4, -0.2) is 19.1 Å². The van der Waals surface area contributed by atoms with Gasteiger partial charge in [-0.05, 0) is 66.9 Å². The van der Waals surface area contributed by atoms with Gasteiger partial charge in [-0.2, -0.15) is 0 Å². The number of hydrogen-bond acceptors (Lipinski definition) is 3. The summed E-state index contributed by atoms with van der Waals surface area (Å²) in [4.78, 5) is 12.2. The molecule has 0 aromatic heterocycles. The highest BCUT2D eigenvalue weighted by molar-refractivity contribution is 9.10. The van der Waals surface area contributed by atoms with Crippen LogP contribution in [0.15, 0.2) is 71.2 Å². The molecule has 5 heteroatoms. The van der Waals surface area contributed by atoms with Gasteiger partial charge in [0.05, 0.1) is 6.61 Å². The van der Waals surface area contributed by atoms with E-state index in [-0.39, 0.29) is 12.5 Å². The number of rotatable bonds is 8. The lowest BCUT2D eigenvalue weighted by atomic mass is 10.1. The van der Waals surface area contributed by atoms with Crippen molar-refractivity contribution in [1.29, 1.82) is 0 Å². The topological polar surface area (TPSA) is 47.6 Å². The van der Waals surface area contributed by atoms with E-state index in [9.17, 15) is 4.79 Å². The van der Waals surface area contributed by atoms with Crippen molar-refractivity contribution in [2.45, 2.75) is 20.3 Å². The van der Waals surface area contributed by atoms with Crippen LogP contribution in [0.25, 0.3) is 0 Å². The third-order valence-electron chi connectivity index (χ3n) is 4.41. The van der Waals surface area contributed by atoms with E-state index < -0.39 is 0 Å². The summed E-state index contributed by atoms with van der Waals surface area (Å²) in [6.45, 7) is 4.48. The van der Waals surface area contributed by atoms with Crippen molar-refractivity contribution in [3.63, 3.8) is 0 Å². The first-order chi connectivity index (χ1) is 14.0. The van der Waals surface area contributed by atoms with Crippen LogP contribution in [0.1, 0.15) is 16.7 Å². The van der Waals surface area contributed by atoms with Gasteiger partial charge in [0.25, 0.3) is 5.91 Å². The van der Waals surface area contributed by atoms with Crippen LogP contribution in [0.4, 0.5) is 5.69 Å². The van der Waals surface area contributed by atoms with Gasteiger partial charge in [-0.3, -0.25) is 4.79 Å². The van der Waals surface area contributed by atoms with Gasteiger partial charge in [0.2, 0.25) is 0 Å². The van der Waals surface area contributed by atoms with Crippen molar-refractivity contribution >= 4 is 27.5 Å². The molecule has 1 N–H and O–H groups in total. The Kier molecular flexibility index (Phi) is 7.30. The molecular weight excluding hydrogens is 430 g/mol. The third kappa shape index (κ3) is 6.36. The number of anilines is 1. The molecule has 0 bridgehead atoms. The Labute approximate surface area is 180 Å². The first kappa shape index (κ1) is 20.9. The number of hydrogen-bond donors (Lipinski definition) is 1. The van der Waals surface area contributed by atoms with E-state index >= 15 is 0 Å². The zero-order valence-corrected chi connectivity index (χ0v) is 18.2. The Hall–Kier alpha value is -2.79. The molecular formula is C24H24BrNO3. The molecule has 0 atom stereocenters. The van der Waals surface area contributed by atoms with Gasteiger partial charge in [-0.25, -0.2) is 0 Å². The second-order valence-electron chi connectivity index (χ2n) is 6.81. The van der Waals surface area contributed by atoms with Crippen molar-refractivity contribution < 1.29 is 14.3 Å². The minimum absolute atomic E-state index is 0.0430. The molecule has 4 nitrogen and oxygen atoms in total. The van der Waals surface area contributed by atoms with E-state index in [0.29, 0.717) is 12.3 Å². The van der Waals surface area contributed by atoms with Crippen molar-refractivity contribution in [2.75, 3.05) is 18.5 Å². The van der Waals surface area contributed by atoms with Gasteiger partial charge in [0.15, 0.2) is 6.61 Å². The number of carbonyl (C=O) groups excluding carboxylic acids is 1. The zero-order valence-electron chi connectivity index (χ0n) is 16.6. The normalized spacial score (nSPS) is 10.4. The highest BCUT2D eigenvalue weighted by Gasteiger charge is 2.09. The molecule has 0 radical (unpaired) electrons. The molecule has 0 aliphatic heterocycles. The van der Waals surface area contributed by atoms with Crippen LogP contribution in [0.5, 0.6) is 11.5 Å². The molecule has 0 heterocycles. The van der Waals surface area contributed by atoms with Gasteiger partial charge in [0, 0.05) is 16.6 Å². The molecule has 0 aliphatic rings. The number of carbonyl (C=O) groups is 1. The van der Waals surface area contributed by atoms with Gasteiger partial charge in [0.1, 0.15) is 11.5 Å².